The van der Waals surface area contributed by atoms with E-state index in [1.54, 1.807) is 0 Å². The van der Waals surface area contributed by atoms with Crippen LogP contribution >= 0.6 is 0 Å². The largest absolute Gasteiger partial charge is 0.402 e. The van der Waals surface area contributed by atoms with Crippen LogP contribution < -0.4 is 51.9 Å². The normalized spacial score (nSPS) is 14.7. The maximum absolute atomic E-state index is 8.26. The van der Waals surface area contributed by atoms with Crippen molar-refractivity contribution in [2.24, 2.45) is 0 Å². The van der Waals surface area contributed by atoms with Gasteiger partial charge < -0.3 is 16.9 Å². The van der Waals surface area contributed by atoms with E-state index < -0.39 is 33.8 Å². The number of hydrogen-bond donors (Lipinski definition) is 0. The van der Waals surface area contributed by atoms with Crippen molar-refractivity contribution in [3.63, 3.8) is 0 Å². The van der Waals surface area contributed by atoms with E-state index in [-0.39, 0.29) is 0 Å². The van der Waals surface area contributed by atoms with Crippen LogP contribution in [0, 0.1) is 0 Å². The summed E-state index contributed by atoms with van der Waals surface area (Å²) in [4.78, 5) is 0. The third-order valence-corrected chi connectivity index (χ3v) is 34.3. The molecule has 0 amide bonds. The van der Waals surface area contributed by atoms with Crippen LogP contribution in [0.3, 0.4) is 0 Å². The molecule has 1 aliphatic rings. The number of rotatable bonds is 12. The molecular weight excluding hydrogens is 1040 g/mol. The first kappa shape index (κ1) is 49.5. The molecule has 1 aromatic heterocycles. The molecule has 382 valence electrons. The van der Waals surface area contributed by atoms with Crippen molar-refractivity contribution in [1.29, 1.82) is 0 Å². The summed E-state index contributed by atoms with van der Waals surface area (Å²) in [7, 11) is -14.1. The van der Waals surface area contributed by atoms with E-state index in [4.69, 9.17) is 12.3 Å². The van der Waals surface area contributed by atoms with Crippen molar-refractivity contribution in [3.8, 4) is 16.8 Å². The van der Waals surface area contributed by atoms with Crippen LogP contribution in [0.5, 0.6) is 0 Å². The SMILES string of the molecule is c1ccc([Si]2(c3ccccc3)O[Si](c3ccccc3)(c3ccccc3)O[Si](c3ccccc3)(c3cccc(-c4cccc(-n5c6ccccc6c6cc([Si](c7ccccc7)(c7ccccc7)c7ccccc7)ccc65)c4)c3)O2)cc1. The molecule has 1 saturated heterocycles. The van der Waals surface area contributed by atoms with E-state index in [2.05, 4.69) is 338 Å². The Kier molecular flexibility index (Phi) is 12.8. The van der Waals surface area contributed by atoms with E-state index in [1.807, 2.05) is 0 Å². The summed E-state index contributed by atoms with van der Waals surface area (Å²) in [6, 6.07) is 121. The number of nitrogens with zero attached hydrogens (tertiary/aromatic N) is 1. The molecule has 14 rings (SSSR count). The Balaban J connectivity index is 0.963. The van der Waals surface area contributed by atoms with Crippen LogP contribution in [0.2, 0.25) is 0 Å². The minimum absolute atomic E-state index is 1.01. The molecule has 1 aliphatic heterocycles. The van der Waals surface area contributed by atoms with E-state index in [1.165, 1.54) is 31.5 Å². The minimum atomic E-state index is -3.84. The molecule has 0 N–H and O–H groups in total. The average molecular weight is 1090 g/mol. The molecule has 1 fully saturated rings. The summed E-state index contributed by atoms with van der Waals surface area (Å²) < 4.78 is 27.1. The number of benzene rings is 12. The van der Waals surface area contributed by atoms with Gasteiger partial charge in [-0.15, -0.1) is 0 Å². The van der Waals surface area contributed by atoms with Gasteiger partial charge in [-0.2, -0.15) is 0 Å². The molecule has 0 saturated carbocycles. The van der Waals surface area contributed by atoms with Crippen LogP contribution in [-0.2, 0) is 12.3 Å². The molecule has 0 unspecified atom stereocenters. The molecule has 4 nitrogen and oxygen atoms in total. The van der Waals surface area contributed by atoms with Gasteiger partial charge in [-0.25, -0.2) is 0 Å². The van der Waals surface area contributed by atoms with Crippen molar-refractivity contribution in [2.45, 2.75) is 0 Å². The fourth-order valence-electron chi connectivity index (χ4n) is 12.4. The maximum atomic E-state index is 8.26. The van der Waals surface area contributed by atoms with Gasteiger partial charge in [0.15, 0.2) is 8.07 Å². The van der Waals surface area contributed by atoms with Gasteiger partial charge in [0.2, 0.25) is 0 Å². The van der Waals surface area contributed by atoms with Crippen molar-refractivity contribution < 1.29 is 12.3 Å². The smallest absolute Gasteiger partial charge is 0.390 e. The van der Waals surface area contributed by atoms with Crippen LogP contribution in [-0.4, -0.2) is 38.3 Å². The Hall–Kier alpha value is -8.81. The summed E-state index contributed by atoms with van der Waals surface area (Å²) in [6.45, 7) is 0. The molecule has 8 heteroatoms. The predicted molar refractivity (Wildman–Crippen MR) is 340 cm³/mol. The first-order valence-electron chi connectivity index (χ1n) is 27.4. The second-order valence-corrected chi connectivity index (χ2v) is 34.0. The molecule has 0 atom stereocenters. The molecule has 0 spiro atoms. The zero-order valence-corrected chi connectivity index (χ0v) is 47.9. The van der Waals surface area contributed by atoms with Crippen LogP contribution in [0.25, 0.3) is 38.6 Å². The lowest BCUT2D eigenvalue weighted by atomic mass is 10.1. The Morgan fingerprint density at radius 3 is 1.01 bits per heavy atom. The predicted octanol–water partition coefficient (Wildman–Crippen LogP) is 9.96. The second kappa shape index (κ2) is 20.8. The highest BCUT2D eigenvalue weighted by molar-refractivity contribution is 7.20. The van der Waals surface area contributed by atoms with Gasteiger partial charge in [-0.3, -0.25) is 0 Å². The lowest BCUT2D eigenvalue weighted by Crippen LogP contribution is -2.88. The Labute approximate surface area is 471 Å². The van der Waals surface area contributed by atoms with Crippen LogP contribution in [0.1, 0.15) is 0 Å². The topological polar surface area (TPSA) is 32.6 Å². The van der Waals surface area contributed by atoms with Gasteiger partial charge in [0.25, 0.3) is 0 Å². The molecule has 80 heavy (non-hydrogen) atoms. The number of hydrogen-bond acceptors (Lipinski definition) is 3. The van der Waals surface area contributed by atoms with Crippen molar-refractivity contribution in [3.05, 3.63) is 334 Å². The first-order chi connectivity index (χ1) is 39.6. The molecular formula is C72H55NO3Si4. The third kappa shape index (κ3) is 8.27. The van der Waals surface area contributed by atoms with Crippen molar-refractivity contribution in [2.75, 3.05) is 0 Å². The second-order valence-electron chi connectivity index (χ2n) is 20.5. The highest BCUT2D eigenvalue weighted by atomic mass is 28.5. The van der Waals surface area contributed by atoms with Gasteiger partial charge in [0.1, 0.15) is 0 Å². The van der Waals surface area contributed by atoms with Gasteiger partial charge in [-0.1, -0.05) is 309 Å². The zero-order chi connectivity index (χ0) is 53.4. The van der Waals surface area contributed by atoms with Crippen LogP contribution in [0.4, 0.5) is 0 Å². The molecule has 0 radical (unpaired) electrons. The highest BCUT2D eigenvalue weighted by Crippen LogP contribution is 2.36. The summed E-state index contributed by atoms with van der Waals surface area (Å²) in [5.41, 5.74) is 5.55. The monoisotopic (exact) mass is 1090 g/mol. The molecule has 13 aromatic rings. The quantitative estimate of drug-likeness (QED) is 0.0903. The van der Waals surface area contributed by atoms with Gasteiger partial charge in [-0.05, 0) is 87.3 Å². The molecule has 2 heterocycles. The highest BCUT2D eigenvalue weighted by Gasteiger charge is 2.67. The summed E-state index contributed by atoms with van der Waals surface area (Å²) >= 11 is 0. The van der Waals surface area contributed by atoms with E-state index >= 15 is 0 Å². The number of fused-ring (bicyclic) bond motifs is 3. The summed E-state index contributed by atoms with van der Waals surface area (Å²) in [6.07, 6.45) is 0. The number of aromatic nitrogens is 1. The molecule has 0 bridgehead atoms. The fourth-order valence-corrected chi connectivity index (χ4v) is 34.2. The zero-order valence-electron chi connectivity index (χ0n) is 43.9. The average Bonchev–Trinajstić information content (AvgIpc) is 4.04. The van der Waals surface area contributed by atoms with Crippen molar-refractivity contribution >= 4 is 107 Å². The minimum Gasteiger partial charge on any atom is -0.402 e. The lowest BCUT2D eigenvalue weighted by molar-refractivity contribution is 0.268. The molecule has 12 aromatic carbocycles. The van der Waals surface area contributed by atoms with Gasteiger partial charge >= 0.3 is 25.7 Å². The standard InChI is InChI=1S/C72H55NO3Si4/c1-9-32-59(33-10-1)77(60-34-11-2-12-35-60,61-36-13-3-14-37-61)67-51-52-72-70(55-67)69-49-25-26-50-71(69)73(72)58-31-27-29-56(53-58)57-30-28-48-68(54-57)80(66-46-23-8-24-47-66)75-78(62-38-15-4-16-39-62,63-40-17-5-18-41-63)74-79(76-80,64-42-19-6-20-43-64)65-44-21-7-22-45-65/h1-55H. The molecule has 0 aliphatic carbocycles. The number of para-hydroxylation sites is 1. The summed E-state index contributed by atoms with van der Waals surface area (Å²) in [5.74, 6) is 0. The van der Waals surface area contributed by atoms with E-state index in [9.17, 15) is 0 Å². The maximum Gasteiger partial charge on any atom is 0.390 e. The summed E-state index contributed by atoms with van der Waals surface area (Å²) in [5, 5.41) is 14.0. The van der Waals surface area contributed by atoms with Crippen molar-refractivity contribution in [1.82, 2.24) is 4.57 Å². The Morgan fingerprint density at radius 1 is 0.237 bits per heavy atom. The fraction of sp³-hybridized carbons (Fsp3) is 0. The first-order valence-corrected chi connectivity index (χ1v) is 34.8. The lowest BCUT2D eigenvalue weighted by Gasteiger charge is -2.53. The Bertz CT molecular complexity index is 4000. The Morgan fingerprint density at radius 2 is 0.575 bits per heavy atom. The van der Waals surface area contributed by atoms with E-state index in [0.717, 1.165) is 59.0 Å². The van der Waals surface area contributed by atoms with Gasteiger partial charge in [0, 0.05) is 16.5 Å². The van der Waals surface area contributed by atoms with Crippen LogP contribution in [0.15, 0.2) is 334 Å². The van der Waals surface area contributed by atoms with Gasteiger partial charge in [0.05, 0.1) is 11.0 Å². The van der Waals surface area contributed by atoms with E-state index in [0.29, 0.717) is 0 Å². The third-order valence-electron chi connectivity index (χ3n) is 16.0.